The first kappa shape index (κ1) is 9.90. The van der Waals surface area contributed by atoms with E-state index >= 15 is 0 Å². The smallest absolute Gasteiger partial charge is 0.0733 e. The summed E-state index contributed by atoms with van der Waals surface area (Å²) in [7, 11) is 0. The predicted molar refractivity (Wildman–Crippen MR) is 61.2 cm³/mol. The molecule has 1 aliphatic rings. The van der Waals surface area contributed by atoms with Gasteiger partial charge in [-0.25, -0.2) is 0 Å². The van der Waals surface area contributed by atoms with E-state index in [1.54, 1.807) is 0 Å². The van der Waals surface area contributed by atoms with E-state index in [4.69, 9.17) is 5.21 Å². The Kier molecular flexibility index (Phi) is 2.81. The Bertz CT molecular complexity index is 422. The molecule has 3 heteroatoms. The van der Waals surface area contributed by atoms with E-state index in [9.17, 15) is 0 Å². The average Bonchev–Trinajstić information content (AvgIpc) is 2.62. The molecule has 0 heterocycles. The number of hydrogen-bond acceptors (Lipinski definition) is 3. The molecule has 1 aromatic carbocycles. The lowest BCUT2D eigenvalue weighted by Crippen LogP contribution is -1.95. The molecule has 0 aromatic heterocycles. The number of benzene rings is 1. The third kappa shape index (κ3) is 1.91. The van der Waals surface area contributed by atoms with Gasteiger partial charge >= 0.3 is 0 Å². The maximum atomic E-state index is 8.45. The van der Waals surface area contributed by atoms with Crippen molar-refractivity contribution in [3.63, 3.8) is 0 Å². The van der Waals surface area contributed by atoms with E-state index in [2.05, 4.69) is 29.2 Å². The summed E-state index contributed by atoms with van der Waals surface area (Å²) < 4.78 is 0. The lowest BCUT2D eigenvalue weighted by molar-refractivity contribution is 0.322. The molecule has 0 atom stereocenters. The fraction of sp³-hybridized carbons (Fsp3) is 0.333. The quantitative estimate of drug-likeness (QED) is 0.446. The third-order valence-electron chi connectivity index (χ3n) is 2.63. The summed E-state index contributed by atoms with van der Waals surface area (Å²) in [5.74, 6) is 0. The zero-order valence-corrected chi connectivity index (χ0v) is 8.77. The van der Waals surface area contributed by atoms with E-state index < -0.39 is 0 Å². The van der Waals surface area contributed by atoms with E-state index in [1.807, 2.05) is 6.07 Å². The molecule has 0 unspecified atom stereocenters. The maximum absolute atomic E-state index is 8.45. The minimum Gasteiger partial charge on any atom is -0.411 e. The van der Waals surface area contributed by atoms with Gasteiger partial charge in [-0.2, -0.15) is 0 Å². The Morgan fingerprint density at radius 3 is 3.00 bits per heavy atom. The second-order valence-electron chi connectivity index (χ2n) is 3.58. The van der Waals surface area contributed by atoms with Gasteiger partial charge in [0.15, 0.2) is 0 Å². The van der Waals surface area contributed by atoms with Crippen LogP contribution >= 0.6 is 0 Å². The van der Waals surface area contributed by atoms with Crippen molar-refractivity contribution >= 4 is 11.9 Å². The Hall–Kier alpha value is -1.64. The van der Waals surface area contributed by atoms with Gasteiger partial charge in [-0.15, -0.1) is 0 Å². The fourth-order valence-corrected chi connectivity index (χ4v) is 1.99. The van der Waals surface area contributed by atoms with Crippen molar-refractivity contribution < 1.29 is 5.21 Å². The normalized spacial score (nSPS) is 17.5. The van der Waals surface area contributed by atoms with E-state index in [0.717, 1.165) is 24.9 Å². The van der Waals surface area contributed by atoms with Crippen LogP contribution in [-0.4, -0.2) is 23.7 Å². The van der Waals surface area contributed by atoms with Crippen molar-refractivity contribution in [1.82, 2.24) is 0 Å². The molecule has 0 spiro atoms. The highest BCUT2D eigenvalue weighted by atomic mass is 16.4. The first-order valence-corrected chi connectivity index (χ1v) is 5.19. The van der Waals surface area contributed by atoms with Crippen LogP contribution in [0.1, 0.15) is 30.0 Å². The Morgan fingerprint density at radius 1 is 1.40 bits per heavy atom. The molecule has 1 aliphatic carbocycles. The molecule has 2 rings (SSSR count). The second kappa shape index (κ2) is 4.26. The predicted octanol–water partition coefficient (Wildman–Crippen LogP) is 2.25. The molecule has 1 aromatic rings. The van der Waals surface area contributed by atoms with Gasteiger partial charge in [0.25, 0.3) is 0 Å². The van der Waals surface area contributed by atoms with Gasteiger partial charge < -0.3 is 5.21 Å². The molecular formula is C12H14N2O. The van der Waals surface area contributed by atoms with Crippen LogP contribution in [-0.2, 0) is 6.42 Å². The molecule has 3 nitrogen and oxygen atoms in total. The van der Waals surface area contributed by atoms with Crippen LogP contribution < -0.4 is 0 Å². The average molecular weight is 202 g/mol. The molecule has 78 valence electrons. The highest BCUT2D eigenvalue weighted by Crippen LogP contribution is 2.23. The lowest BCUT2D eigenvalue weighted by Gasteiger charge is -2.00. The third-order valence-corrected chi connectivity index (χ3v) is 2.63. The number of rotatable bonds is 2. The molecule has 0 amide bonds. The Balaban J connectivity index is 2.37. The minimum absolute atomic E-state index is 0.842. The van der Waals surface area contributed by atoms with Gasteiger partial charge in [0.2, 0.25) is 0 Å². The zero-order valence-electron chi connectivity index (χ0n) is 8.77. The first-order chi connectivity index (χ1) is 7.35. The van der Waals surface area contributed by atoms with Gasteiger partial charge in [-0.3, -0.25) is 4.99 Å². The van der Waals surface area contributed by atoms with Crippen LogP contribution in [0.15, 0.2) is 28.3 Å². The number of nitrogens with zero attached hydrogens (tertiary/aromatic N) is 2. The lowest BCUT2D eigenvalue weighted by atomic mass is 10.1. The van der Waals surface area contributed by atoms with Gasteiger partial charge in [0.05, 0.1) is 6.21 Å². The highest BCUT2D eigenvalue weighted by molar-refractivity contribution is 6.05. The summed E-state index contributed by atoms with van der Waals surface area (Å²) in [4.78, 5) is 4.47. The van der Waals surface area contributed by atoms with Gasteiger partial charge in [-0.1, -0.05) is 17.3 Å². The standard InChI is InChI=1S/C12H14N2O/c1-2-13-12-6-4-10-7-9(8-14-15)3-5-11(10)12/h3,5,7-8,15H,2,4,6H2,1H3/b13-12+,14-8+. The van der Waals surface area contributed by atoms with Crippen molar-refractivity contribution in [1.29, 1.82) is 0 Å². The summed E-state index contributed by atoms with van der Waals surface area (Å²) in [6, 6.07) is 6.08. The molecular weight excluding hydrogens is 188 g/mol. The number of oxime groups is 1. The number of aryl methyl sites for hydroxylation is 1. The van der Waals surface area contributed by atoms with Crippen LogP contribution in [0.25, 0.3) is 0 Å². The SMILES string of the molecule is CC/N=C1\CCc2cc(/C=N/O)ccc21. The van der Waals surface area contributed by atoms with Crippen LogP contribution in [0.4, 0.5) is 0 Å². The van der Waals surface area contributed by atoms with E-state index in [1.165, 1.54) is 23.1 Å². The molecule has 15 heavy (non-hydrogen) atoms. The highest BCUT2D eigenvalue weighted by Gasteiger charge is 2.16. The second-order valence-corrected chi connectivity index (χ2v) is 3.58. The number of aliphatic imine (C=N–C) groups is 1. The van der Waals surface area contributed by atoms with Crippen molar-refractivity contribution in [2.24, 2.45) is 10.1 Å². The molecule has 0 radical (unpaired) electrons. The van der Waals surface area contributed by atoms with Crippen molar-refractivity contribution in [2.75, 3.05) is 6.54 Å². The largest absolute Gasteiger partial charge is 0.411 e. The van der Waals surface area contributed by atoms with Gasteiger partial charge in [0, 0.05) is 12.3 Å². The summed E-state index contributed by atoms with van der Waals surface area (Å²) in [6.07, 6.45) is 3.53. The van der Waals surface area contributed by atoms with Crippen molar-refractivity contribution in [2.45, 2.75) is 19.8 Å². The van der Waals surface area contributed by atoms with Crippen LogP contribution in [0.2, 0.25) is 0 Å². The molecule has 0 fully saturated rings. The molecule has 0 bridgehead atoms. The summed E-state index contributed by atoms with van der Waals surface area (Å²) in [6.45, 7) is 2.90. The number of hydrogen-bond donors (Lipinski definition) is 1. The minimum atomic E-state index is 0.842. The first-order valence-electron chi connectivity index (χ1n) is 5.19. The summed E-state index contributed by atoms with van der Waals surface area (Å²) in [5.41, 5.74) is 4.71. The molecule has 0 aliphatic heterocycles. The van der Waals surface area contributed by atoms with E-state index in [0.29, 0.717) is 0 Å². The van der Waals surface area contributed by atoms with E-state index in [-0.39, 0.29) is 0 Å². The summed E-state index contributed by atoms with van der Waals surface area (Å²) >= 11 is 0. The fourth-order valence-electron chi connectivity index (χ4n) is 1.99. The Morgan fingerprint density at radius 2 is 2.27 bits per heavy atom. The number of fused-ring (bicyclic) bond motifs is 1. The summed E-state index contributed by atoms with van der Waals surface area (Å²) in [5, 5.41) is 11.5. The van der Waals surface area contributed by atoms with Crippen LogP contribution in [0.3, 0.4) is 0 Å². The molecule has 0 saturated heterocycles. The molecule has 1 N–H and O–H groups in total. The zero-order chi connectivity index (χ0) is 10.7. The van der Waals surface area contributed by atoms with Gasteiger partial charge in [0.1, 0.15) is 0 Å². The van der Waals surface area contributed by atoms with Crippen LogP contribution in [0.5, 0.6) is 0 Å². The maximum Gasteiger partial charge on any atom is 0.0733 e. The Labute approximate surface area is 89.2 Å². The van der Waals surface area contributed by atoms with Crippen LogP contribution in [0, 0.1) is 0 Å². The van der Waals surface area contributed by atoms with Crippen molar-refractivity contribution in [3.8, 4) is 0 Å². The van der Waals surface area contributed by atoms with Crippen molar-refractivity contribution in [3.05, 3.63) is 34.9 Å². The topological polar surface area (TPSA) is 45.0 Å². The molecule has 0 saturated carbocycles. The monoisotopic (exact) mass is 202 g/mol. The van der Waals surface area contributed by atoms with Gasteiger partial charge in [-0.05, 0) is 42.5 Å².